The largest absolute Gasteiger partial charge is 0.329 e. The molecule has 0 spiro atoms. The lowest BCUT2D eigenvalue weighted by atomic mass is 9.83. The minimum absolute atomic E-state index is 0.269. The fraction of sp³-hybridized carbons (Fsp3) is 1.00. The van der Waals surface area contributed by atoms with Crippen LogP contribution in [-0.4, -0.2) is 79.1 Å². The van der Waals surface area contributed by atoms with Crippen LogP contribution in [0.15, 0.2) is 0 Å². The first kappa shape index (κ1) is 15.2. The molecule has 0 aliphatic carbocycles. The quantitative estimate of drug-likeness (QED) is 0.819. The van der Waals surface area contributed by atoms with E-state index in [0.717, 1.165) is 6.54 Å². The second-order valence-electron chi connectivity index (χ2n) is 6.57. The van der Waals surface area contributed by atoms with Gasteiger partial charge in [-0.3, -0.25) is 4.90 Å². The molecule has 0 radical (unpaired) electrons. The van der Waals surface area contributed by atoms with E-state index in [1.54, 1.807) is 0 Å². The normalized spacial score (nSPS) is 30.6. The first-order valence-corrected chi connectivity index (χ1v) is 7.99. The van der Waals surface area contributed by atoms with E-state index in [1.807, 2.05) is 0 Å². The molecule has 1 unspecified atom stereocenters. The van der Waals surface area contributed by atoms with Crippen molar-refractivity contribution in [2.24, 2.45) is 5.73 Å². The van der Waals surface area contributed by atoms with Crippen LogP contribution in [0.25, 0.3) is 0 Å². The van der Waals surface area contributed by atoms with Gasteiger partial charge in [-0.25, -0.2) is 0 Å². The van der Waals surface area contributed by atoms with Gasteiger partial charge in [0, 0.05) is 37.8 Å². The summed E-state index contributed by atoms with van der Waals surface area (Å²) in [5, 5.41) is 0. The standard InChI is InChI=1S/C15H32N4/c1-4-7-18-8-5-15(13-16,6-9-18)19-11-10-17(3)12-14(19)2/h14H,4-13,16H2,1-3H3. The van der Waals surface area contributed by atoms with Crippen LogP contribution in [0.3, 0.4) is 0 Å². The molecule has 112 valence electrons. The topological polar surface area (TPSA) is 35.7 Å². The third kappa shape index (κ3) is 3.30. The molecule has 2 fully saturated rings. The molecule has 4 heteroatoms. The van der Waals surface area contributed by atoms with Crippen LogP contribution in [-0.2, 0) is 0 Å². The minimum atomic E-state index is 0.269. The van der Waals surface area contributed by atoms with Gasteiger partial charge in [0.25, 0.3) is 0 Å². The van der Waals surface area contributed by atoms with Crippen molar-refractivity contribution in [1.29, 1.82) is 0 Å². The zero-order valence-corrected chi connectivity index (χ0v) is 13.1. The summed E-state index contributed by atoms with van der Waals surface area (Å²) >= 11 is 0. The van der Waals surface area contributed by atoms with E-state index in [1.165, 1.54) is 58.5 Å². The van der Waals surface area contributed by atoms with Gasteiger partial charge in [0.15, 0.2) is 0 Å². The molecular weight excluding hydrogens is 236 g/mol. The highest BCUT2D eigenvalue weighted by molar-refractivity contribution is 4.99. The number of rotatable bonds is 4. The van der Waals surface area contributed by atoms with Crippen LogP contribution >= 0.6 is 0 Å². The van der Waals surface area contributed by atoms with Gasteiger partial charge in [-0.1, -0.05) is 6.92 Å². The second-order valence-corrected chi connectivity index (χ2v) is 6.57. The van der Waals surface area contributed by atoms with Crippen molar-refractivity contribution < 1.29 is 0 Å². The average molecular weight is 268 g/mol. The molecule has 2 aliphatic rings. The summed E-state index contributed by atoms with van der Waals surface area (Å²) in [5.74, 6) is 0. The summed E-state index contributed by atoms with van der Waals surface area (Å²) in [6, 6.07) is 0.639. The molecule has 2 saturated heterocycles. The molecule has 1 atom stereocenters. The molecule has 2 N–H and O–H groups in total. The van der Waals surface area contributed by atoms with Gasteiger partial charge in [0.05, 0.1) is 0 Å². The Balaban J connectivity index is 1.99. The molecule has 0 amide bonds. The number of likely N-dealkylation sites (N-methyl/N-ethyl adjacent to an activating group) is 1. The summed E-state index contributed by atoms with van der Waals surface area (Å²) in [6.07, 6.45) is 3.76. The first-order valence-electron chi connectivity index (χ1n) is 7.99. The van der Waals surface area contributed by atoms with Gasteiger partial charge in [0.1, 0.15) is 0 Å². The van der Waals surface area contributed by atoms with E-state index in [0.29, 0.717) is 6.04 Å². The van der Waals surface area contributed by atoms with Crippen molar-refractivity contribution in [3.05, 3.63) is 0 Å². The highest BCUT2D eigenvalue weighted by atomic mass is 15.3. The van der Waals surface area contributed by atoms with Gasteiger partial charge >= 0.3 is 0 Å². The SMILES string of the molecule is CCCN1CCC(CN)(N2CCN(C)CC2C)CC1. The Kier molecular flexibility index (Phi) is 5.23. The molecule has 0 bridgehead atoms. The molecule has 0 aromatic heterocycles. The molecule has 4 nitrogen and oxygen atoms in total. The molecule has 19 heavy (non-hydrogen) atoms. The van der Waals surface area contributed by atoms with Crippen molar-refractivity contribution in [3.63, 3.8) is 0 Å². The summed E-state index contributed by atoms with van der Waals surface area (Å²) < 4.78 is 0. The zero-order chi connectivity index (χ0) is 13.9. The van der Waals surface area contributed by atoms with Gasteiger partial charge in [-0.15, -0.1) is 0 Å². The van der Waals surface area contributed by atoms with E-state index in [2.05, 4.69) is 35.6 Å². The fourth-order valence-corrected chi connectivity index (χ4v) is 3.96. The Morgan fingerprint density at radius 3 is 2.37 bits per heavy atom. The van der Waals surface area contributed by atoms with Crippen molar-refractivity contribution in [3.8, 4) is 0 Å². The smallest absolute Gasteiger partial charge is 0.0359 e. The number of nitrogens with zero attached hydrogens (tertiary/aromatic N) is 3. The Labute approximate surface area is 118 Å². The lowest BCUT2D eigenvalue weighted by molar-refractivity contribution is -0.0318. The van der Waals surface area contributed by atoms with Crippen LogP contribution in [0.2, 0.25) is 0 Å². The van der Waals surface area contributed by atoms with Gasteiger partial charge < -0.3 is 15.5 Å². The maximum absolute atomic E-state index is 6.21. The lowest BCUT2D eigenvalue weighted by Gasteiger charge is -2.53. The van der Waals surface area contributed by atoms with E-state index in [9.17, 15) is 0 Å². The highest BCUT2D eigenvalue weighted by Gasteiger charge is 2.41. The molecule has 2 aliphatic heterocycles. The number of hydrogen-bond acceptors (Lipinski definition) is 4. The third-order valence-electron chi connectivity index (χ3n) is 5.15. The zero-order valence-electron chi connectivity index (χ0n) is 13.1. The maximum Gasteiger partial charge on any atom is 0.0359 e. The Morgan fingerprint density at radius 1 is 1.16 bits per heavy atom. The predicted octanol–water partition coefficient (Wildman–Crippen LogP) is 0.826. The monoisotopic (exact) mass is 268 g/mol. The van der Waals surface area contributed by atoms with Crippen molar-refractivity contribution >= 4 is 0 Å². The Morgan fingerprint density at radius 2 is 1.84 bits per heavy atom. The highest BCUT2D eigenvalue weighted by Crippen LogP contribution is 2.31. The van der Waals surface area contributed by atoms with Crippen LogP contribution in [0.4, 0.5) is 0 Å². The molecule has 0 aromatic carbocycles. The third-order valence-corrected chi connectivity index (χ3v) is 5.15. The van der Waals surface area contributed by atoms with Gasteiger partial charge in [-0.2, -0.15) is 0 Å². The summed E-state index contributed by atoms with van der Waals surface area (Å²) in [5.41, 5.74) is 6.48. The second kappa shape index (κ2) is 6.53. The van der Waals surface area contributed by atoms with E-state index in [4.69, 9.17) is 5.73 Å². The van der Waals surface area contributed by atoms with Crippen LogP contribution < -0.4 is 5.73 Å². The molecule has 2 rings (SSSR count). The predicted molar refractivity (Wildman–Crippen MR) is 81.4 cm³/mol. The number of piperazine rings is 1. The average Bonchev–Trinajstić information content (AvgIpc) is 2.40. The van der Waals surface area contributed by atoms with Crippen LogP contribution in [0.5, 0.6) is 0 Å². The van der Waals surface area contributed by atoms with Crippen molar-refractivity contribution in [2.45, 2.75) is 44.7 Å². The van der Waals surface area contributed by atoms with Crippen LogP contribution in [0.1, 0.15) is 33.1 Å². The Hall–Kier alpha value is -0.160. The number of likely N-dealkylation sites (tertiary alicyclic amines) is 1. The lowest BCUT2D eigenvalue weighted by Crippen LogP contribution is -2.66. The summed E-state index contributed by atoms with van der Waals surface area (Å²) in [6.45, 7) is 12.7. The fourth-order valence-electron chi connectivity index (χ4n) is 3.96. The van der Waals surface area contributed by atoms with Gasteiger partial charge in [-0.05, 0) is 52.9 Å². The summed E-state index contributed by atoms with van der Waals surface area (Å²) in [7, 11) is 2.23. The Bertz CT molecular complexity index is 273. The summed E-state index contributed by atoms with van der Waals surface area (Å²) in [4.78, 5) is 7.77. The van der Waals surface area contributed by atoms with Crippen molar-refractivity contribution in [1.82, 2.24) is 14.7 Å². The number of nitrogens with two attached hydrogens (primary N) is 1. The molecule has 2 heterocycles. The van der Waals surface area contributed by atoms with E-state index in [-0.39, 0.29) is 5.54 Å². The first-order chi connectivity index (χ1) is 9.11. The van der Waals surface area contributed by atoms with E-state index < -0.39 is 0 Å². The van der Waals surface area contributed by atoms with Crippen molar-refractivity contribution in [2.75, 3.05) is 52.9 Å². The molecular formula is C15H32N4. The maximum atomic E-state index is 6.21. The number of piperidine rings is 1. The molecule has 0 aromatic rings. The van der Waals surface area contributed by atoms with Crippen LogP contribution in [0, 0.1) is 0 Å². The molecule has 0 saturated carbocycles. The van der Waals surface area contributed by atoms with Gasteiger partial charge in [0.2, 0.25) is 0 Å². The minimum Gasteiger partial charge on any atom is -0.329 e. The van der Waals surface area contributed by atoms with E-state index >= 15 is 0 Å². The number of hydrogen-bond donors (Lipinski definition) is 1.